The molecule has 0 aliphatic carbocycles. The molecule has 1 atom stereocenters. The maximum absolute atomic E-state index is 11.2. The van der Waals surface area contributed by atoms with Crippen LogP contribution < -0.4 is 0 Å². The SMILES string of the molecule is CCO[C@H](C)c1ccc(-c2ccc(C(C)=O)cn2)cc1. The molecule has 1 heterocycles. The molecule has 0 N–H and O–H groups in total. The zero-order valence-corrected chi connectivity index (χ0v) is 12.1. The molecule has 0 aliphatic rings. The van der Waals surface area contributed by atoms with E-state index in [2.05, 4.69) is 17.1 Å². The van der Waals surface area contributed by atoms with Crippen LogP contribution in [-0.2, 0) is 4.74 Å². The van der Waals surface area contributed by atoms with Gasteiger partial charge in [0.25, 0.3) is 0 Å². The van der Waals surface area contributed by atoms with Gasteiger partial charge in [-0.25, -0.2) is 0 Å². The van der Waals surface area contributed by atoms with Gasteiger partial charge in [-0.2, -0.15) is 0 Å². The third-order valence-electron chi connectivity index (χ3n) is 3.26. The summed E-state index contributed by atoms with van der Waals surface area (Å²) in [5.41, 5.74) is 3.68. The highest BCUT2D eigenvalue weighted by Crippen LogP contribution is 2.22. The lowest BCUT2D eigenvalue weighted by Gasteiger charge is -2.12. The third kappa shape index (κ3) is 3.31. The lowest BCUT2D eigenvalue weighted by atomic mass is 10.0. The van der Waals surface area contributed by atoms with Crippen LogP contribution in [0.4, 0.5) is 0 Å². The molecule has 0 radical (unpaired) electrons. The number of carbonyl (C=O) groups excluding carboxylic acids is 1. The van der Waals surface area contributed by atoms with Crippen LogP contribution in [0.3, 0.4) is 0 Å². The van der Waals surface area contributed by atoms with Crippen LogP contribution in [0.1, 0.15) is 42.8 Å². The summed E-state index contributed by atoms with van der Waals surface area (Å²) >= 11 is 0. The molecule has 104 valence electrons. The maximum Gasteiger partial charge on any atom is 0.161 e. The van der Waals surface area contributed by atoms with Gasteiger partial charge in [-0.05, 0) is 38.5 Å². The van der Waals surface area contributed by atoms with Gasteiger partial charge >= 0.3 is 0 Å². The molecule has 0 fully saturated rings. The summed E-state index contributed by atoms with van der Waals surface area (Å²) in [6.45, 7) is 6.28. The Kier molecular flexibility index (Phi) is 4.64. The van der Waals surface area contributed by atoms with E-state index in [1.54, 1.807) is 19.2 Å². The highest BCUT2D eigenvalue weighted by molar-refractivity contribution is 5.93. The van der Waals surface area contributed by atoms with Crippen molar-refractivity contribution in [3.05, 3.63) is 53.7 Å². The highest BCUT2D eigenvalue weighted by Gasteiger charge is 2.06. The molecule has 0 saturated heterocycles. The largest absolute Gasteiger partial charge is 0.374 e. The van der Waals surface area contributed by atoms with Crippen LogP contribution in [0.5, 0.6) is 0 Å². The molecule has 1 aromatic heterocycles. The number of Topliss-reactive ketones (excluding diaryl/α,β-unsaturated/α-hetero) is 1. The van der Waals surface area contributed by atoms with Crippen LogP contribution >= 0.6 is 0 Å². The first-order valence-electron chi connectivity index (χ1n) is 6.80. The van der Waals surface area contributed by atoms with Crippen molar-refractivity contribution >= 4 is 5.78 Å². The maximum atomic E-state index is 11.2. The van der Waals surface area contributed by atoms with Gasteiger partial charge in [0.1, 0.15) is 0 Å². The summed E-state index contributed by atoms with van der Waals surface area (Å²) in [6.07, 6.45) is 1.72. The summed E-state index contributed by atoms with van der Waals surface area (Å²) in [5.74, 6) is 0.0323. The molecule has 1 aromatic carbocycles. The Morgan fingerprint density at radius 3 is 2.40 bits per heavy atom. The van der Waals surface area contributed by atoms with E-state index in [0.29, 0.717) is 12.2 Å². The van der Waals surface area contributed by atoms with Crippen molar-refractivity contribution < 1.29 is 9.53 Å². The van der Waals surface area contributed by atoms with Crippen LogP contribution in [0.25, 0.3) is 11.3 Å². The van der Waals surface area contributed by atoms with Gasteiger partial charge in [0, 0.05) is 23.9 Å². The second-order valence-corrected chi connectivity index (χ2v) is 4.71. The number of benzene rings is 1. The number of ketones is 1. The Balaban J connectivity index is 2.19. The van der Waals surface area contributed by atoms with Gasteiger partial charge in [0.2, 0.25) is 0 Å². The molecule has 0 amide bonds. The van der Waals surface area contributed by atoms with E-state index >= 15 is 0 Å². The summed E-state index contributed by atoms with van der Waals surface area (Å²) in [4.78, 5) is 15.5. The first-order chi connectivity index (χ1) is 9.61. The zero-order valence-electron chi connectivity index (χ0n) is 12.1. The molecular weight excluding hydrogens is 250 g/mol. The topological polar surface area (TPSA) is 39.2 Å². The van der Waals surface area contributed by atoms with Crippen molar-refractivity contribution in [2.24, 2.45) is 0 Å². The molecule has 3 nitrogen and oxygen atoms in total. The number of nitrogens with zero attached hydrogens (tertiary/aromatic N) is 1. The predicted octanol–water partition coefficient (Wildman–Crippen LogP) is 4.05. The van der Waals surface area contributed by atoms with Gasteiger partial charge in [-0.15, -0.1) is 0 Å². The highest BCUT2D eigenvalue weighted by atomic mass is 16.5. The quantitative estimate of drug-likeness (QED) is 0.769. The molecular formula is C17H19NO2. The molecule has 20 heavy (non-hydrogen) atoms. The van der Waals surface area contributed by atoms with Crippen molar-refractivity contribution in [2.45, 2.75) is 26.9 Å². The van der Waals surface area contributed by atoms with Crippen LogP contribution in [0.2, 0.25) is 0 Å². The van der Waals surface area contributed by atoms with Crippen LogP contribution in [-0.4, -0.2) is 17.4 Å². The van der Waals surface area contributed by atoms with Gasteiger partial charge in [0.05, 0.1) is 11.8 Å². The first kappa shape index (κ1) is 14.4. The average Bonchev–Trinajstić information content (AvgIpc) is 2.48. The standard InChI is InChI=1S/C17H19NO2/c1-4-20-13(3)14-5-7-15(8-6-14)17-10-9-16(11-18-17)12(2)19/h5-11,13H,4H2,1-3H3/t13-/m1/s1. The third-order valence-corrected chi connectivity index (χ3v) is 3.26. The molecule has 0 aliphatic heterocycles. The number of pyridine rings is 1. The summed E-state index contributed by atoms with van der Waals surface area (Å²) < 4.78 is 5.56. The molecule has 2 rings (SSSR count). The fourth-order valence-corrected chi connectivity index (χ4v) is 2.04. The monoisotopic (exact) mass is 269 g/mol. The normalized spacial score (nSPS) is 12.2. The summed E-state index contributed by atoms with van der Waals surface area (Å²) in [5, 5.41) is 0. The van der Waals surface area contributed by atoms with E-state index in [0.717, 1.165) is 16.8 Å². The van der Waals surface area contributed by atoms with Crippen molar-refractivity contribution in [1.29, 1.82) is 0 Å². The number of rotatable bonds is 5. The number of hydrogen-bond donors (Lipinski definition) is 0. The van der Waals surface area contributed by atoms with E-state index in [1.165, 1.54) is 0 Å². The van der Waals surface area contributed by atoms with Crippen LogP contribution in [0.15, 0.2) is 42.6 Å². The molecule has 0 saturated carbocycles. The molecule has 0 unspecified atom stereocenters. The minimum atomic E-state index is 0.0323. The van der Waals surface area contributed by atoms with Crippen molar-refractivity contribution in [3.8, 4) is 11.3 Å². The lowest BCUT2D eigenvalue weighted by Crippen LogP contribution is -1.99. The minimum Gasteiger partial charge on any atom is -0.374 e. The van der Waals surface area contributed by atoms with E-state index in [4.69, 9.17) is 4.74 Å². The number of carbonyl (C=O) groups is 1. The van der Waals surface area contributed by atoms with E-state index in [-0.39, 0.29) is 11.9 Å². The van der Waals surface area contributed by atoms with Crippen LogP contribution in [0, 0.1) is 0 Å². The summed E-state index contributed by atoms with van der Waals surface area (Å²) in [7, 11) is 0. The Morgan fingerprint density at radius 1 is 1.20 bits per heavy atom. The summed E-state index contributed by atoms with van der Waals surface area (Å²) in [6, 6.07) is 11.8. The Morgan fingerprint density at radius 2 is 1.90 bits per heavy atom. The lowest BCUT2D eigenvalue weighted by molar-refractivity contribution is 0.0764. The Hall–Kier alpha value is -2.00. The van der Waals surface area contributed by atoms with Gasteiger partial charge < -0.3 is 4.74 Å². The van der Waals surface area contributed by atoms with E-state index < -0.39 is 0 Å². The Labute approximate surface area is 119 Å². The zero-order chi connectivity index (χ0) is 14.5. The Bertz CT molecular complexity index is 573. The number of hydrogen-bond acceptors (Lipinski definition) is 3. The second kappa shape index (κ2) is 6.44. The van der Waals surface area contributed by atoms with E-state index in [1.807, 2.05) is 32.0 Å². The second-order valence-electron chi connectivity index (χ2n) is 4.71. The molecule has 3 heteroatoms. The van der Waals surface area contributed by atoms with Crippen molar-refractivity contribution in [3.63, 3.8) is 0 Å². The number of aromatic nitrogens is 1. The van der Waals surface area contributed by atoms with Crippen molar-refractivity contribution in [2.75, 3.05) is 6.61 Å². The predicted molar refractivity (Wildman–Crippen MR) is 79.7 cm³/mol. The number of ether oxygens (including phenoxy) is 1. The van der Waals surface area contributed by atoms with Gasteiger partial charge in [0.15, 0.2) is 5.78 Å². The molecule has 0 spiro atoms. The molecule has 2 aromatic rings. The smallest absolute Gasteiger partial charge is 0.161 e. The minimum absolute atomic E-state index is 0.0323. The fourth-order valence-electron chi connectivity index (χ4n) is 2.04. The average molecular weight is 269 g/mol. The van der Waals surface area contributed by atoms with Gasteiger partial charge in [-0.1, -0.05) is 24.3 Å². The van der Waals surface area contributed by atoms with E-state index in [9.17, 15) is 4.79 Å². The van der Waals surface area contributed by atoms with Crippen molar-refractivity contribution in [1.82, 2.24) is 4.98 Å². The fraction of sp³-hybridized carbons (Fsp3) is 0.294. The first-order valence-corrected chi connectivity index (χ1v) is 6.80. The van der Waals surface area contributed by atoms with Gasteiger partial charge in [-0.3, -0.25) is 9.78 Å². The molecule has 0 bridgehead atoms.